The molecule has 1 aromatic carbocycles. The molecule has 27 heavy (non-hydrogen) atoms. The van der Waals surface area contributed by atoms with Gasteiger partial charge in [0.05, 0.1) is 12.6 Å². The summed E-state index contributed by atoms with van der Waals surface area (Å²) in [5.41, 5.74) is 1.10. The SMILES string of the molecule is C[C@@H](c1ccccc1)N(C)C(=O)CN1CCN(S(=O)(=O)c2cccs2)CC1. The molecule has 0 bridgehead atoms. The number of carbonyl (C=O) groups is 1. The lowest BCUT2D eigenvalue weighted by Gasteiger charge is -2.35. The van der Waals surface area contributed by atoms with Crippen LogP contribution in [0.1, 0.15) is 18.5 Å². The summed E-state index contributed by atoms with van der Waals surface area (Å²) in [6.45, 7) is 4.25. The fourth-order valence-electron chi connectivity index (χ4n) is 3.14. The summed E-state index contributed by atoms with van der Waals surface area (Å²) in [7, 11) is -1.59. The minimum Gasteiger partial charge on any atom is -0.338 e. The summed E-state index contributed by atoms with van der Waals surface area (Å²) in [5, 5.41) is 1.77. The van der Waals surface area contributed by atoms with Crippen LogP contribution >= 0.6 is 11.3 Å². The van der Waals surface area contributed by atoms with E-state index in [0.717, 1.165) is 5.56 Å². The van der Waals surface area contributed by atoms with Crippen molar-refractivity contribution in [3.8, 4) is 0 Å². The standard InChI is InChI=1S/C19H25N3O3S2/c1-16(17-7-4-3-5-8-17)20(2)18(23)15-21-10-12-22(13-11-21)27(24,25)19-9-6-14-26-19/h3-9,14,16H,10-13,15H2,1-2H3/t16-/m0/s1. The lowest BCUT2D eigenvalue weighted by Crippen LogP contribution is -2.51. The molecule has 1 fully saturated rings. The molecule has 0 saturated carbocycles. The highest BCUT2D eigenvalue weighted by Crippen LogP contribution is 2.22. The Hall–Kier alpha value is -1.74. The summed E-state index contributed by atoms with van der Waals surface area (Å²) in [6, 6.07) is 13.3. The van der Waals surface area contributed by atoms with Gasteiger partial charge in [0.2, 0.25) is 5.91 Å². The normalized spacial score (nSPS) is 17.6. The Morgan fingerprint density at radius 2 is 1.78 bits per heavy atom. The molecule has 2 heterocycles. The van der Waals surface area contributed by atoms with Gasteiger partial charge in [-0.25, -0.2) is 8.42 Å². The maximum absolute atomic E-state index is 12.6. The van der Waals surface area contributed by atoms with Crippen molar-refractivity contribution in [2.45, 2.75) is 17.2 Å². The molecule has 0 N–H and O–H groups in total. The molecule has 0 radical (unpaired) electrons. The van der Waals surface area contributed by atoms with Gasteiger partial charge in [0.1, 0.15) is 4.21 Å². The highest BCUT2D eigenvalue weighted by Gasteiger charge is 2.30. The van der Waals surface area contributed by atoms with Gasteiger partial charge in [0.25, 0.3) is 10.0 Å². The van der Waals surface area contributed by atoms with Gasteiger partial charge < -0.3 is 4.90 Å². The zero-order chi connectivity index (χ0) is 19.4. The van der Waals surface area contributed by atoms with Crippen molar-refractivity contribution in [1.82, 2.24) is 14.1 Å². The fraction of sp³-hybridized carbons (Fsp3) is 0.421. The van der Waals surface area contributed by atoms with Gasteiger partial charge in [-0.05, 0) is 23.9 Å². The molecule has 3 rings (SSSR count). The van der Waals surface area contributed by atoms with E-state index >= 15 is 0 Å². The molecule has 1 atom stereocenters. The molecule has 2 aromatic rings. The second-order valence-corrected chi connectivity index (χ2v) is 9.82. The van der Waals surface area contributed by atoms with Gasteiger partial charge in [-0.2, -0.15) is 4.31 Å². The summed E-state index contributed by atoms with van der Waals surface area (Å²) in [6.07, 6.45) is 0. The predicted octanol–water partition coefficient (Wildman–Crippen LogP) is 2.27. The monoisotopic (exact) mass is 407 g/mol. The van der Waals surface area contributed by atoms with E-state index < -0.39 is 10.0 Å². The second kappa shape index (κ2) is 8.52. The van der Waals surface area contributed by atoms with Gasteiger partial charge in [0, 0.05) is 33.2 Å². The maximum Gasteiger partial charge on any atom is 0.252 e. The first-order valence-corrected chi connectivity index (χ1v) is 11.3. The van der Waals surface area contributed by atoms with Crippen molar-refractivity contribution in [1.29, 1.82) is 0 Å². The fourth-order valence-corrected chi connectivity index (χ4v) is 5.71. The second-order valence-electron chi connectivity index (χ2n) is 6.70. The third-order valence-corrected chi connectivity index (χ3v) is 8.31. The van der Waals surface area contributed by atoms with E-state index in [9.17, 15) is 13.2 Å². The largest absolute Gasteiger partial charge is 0.338 e. The van der Waals surface area contributed by atoms with Gasteiger partial charge in [-0.3, -0.25) is 9.69 Å². The van der Waals surface area contributed by atoms with Gasteiger partial charge in [-0.1, -0.05) is 36.4 Å². The molecule has 1 saturated heterocycles. The minimum atomic E-state index is -3.41. The van der Waals surface area contributed by atoms with E-state index in [4.69, 9.17) is 0 Å². The van der Waals surface area contributed by atoms with Crippen molar-refractivity contribution < 1.29 is 13.2 Å². The van der Waals surface area contributed by atoms with Crippen LogP contribution < -0.4 is 0 Å². The van der Waals surface area contributed by atoms with Crippen LogP contribution in [-0.4, -0.2) is 68.2 Å². The van der Waals surface area contributed by atoms with Crippen LogP contribution in [0, 0.1) is 0 Å². The minimum absolute atomic E-state index is 0.000745. The highest BCUT2D eigenvalue weighted by molar-refractivity contribution is 7.91. The van der Waals surface area contributed by atoms with Crippen molar-refractivity contribution in [2.75, 3.05) is 39.8 Å². The lowest BCUT2D eigenvalue weighted by molar-refractivity contribution is -0.133. The number of nitrogens with zero attached hydrogens (tertiary/aromatic N) is 3. The quantitative estimate of drug-likeness (QED) is 0.737. The van der Waals surface area contributed by atoms with Gasteiger partial charge in [-0.15, -0.1) is 11.3 Å². The Morgan fingerprint density at radius 1 is 1.11 bits per heavy atom. The van der Waals surface area contributed by atoms with E-state index in [1.54, 1.807) is 22.4 Å². The molecule has 1 aromatic heterocycles. The lowest BCUT2D eigenvalue weighted by atomic mass is 10.1. The molecule has 0 unspecified atom stereocenters. The molecular weight excluding hydrogens is 382 g/mol. The molecule has 1 aliphatic rings. The molecule has 6 nitrogen and oxygen atoms in total. The number of piperazine rings is 1. The summed E-state index contributed by atoms with van der Waals surface area (Å²) in [5.74, 6) is 0.0425. The third-order valence-electron chi connectivity index (χ3n) is 5.04. The van der Waals surface area contributed by atoms with Gasteiger partial charge >= 0.3 is 0 Å². The topological polar surface area (TPSA) is 60.9 Å². The number of hydrogen-bond donors (Lipinski definition) is 0. The van der Waals surface area contributed by atoms with E-state index in [2.05, 4.69) is 0 Å². The van der Waals surface area contributed by atoms with Crippen LogP contribution in [-0.2, 0) is 14.8 Å². The Balaban J connectivity index is 1.54. The summed E-state index contributed by atoms with van der Waals surface area (Å²) >= 11 is 1.24. The van der Waals surface area contributed by atoms with E-state index in [1.807, 2.05) is 49.2 Å². The molecular formula is C19H25N3O3S2. The Bertz CT molecular complexity index is 846. The van der Waals surface area contributed by atoms with Crippen molar-refractivity contribution in [2.24, 2.45) is 0 Å². The number of sulfonamides is 1. The van der Waals surface area contributed by atoms with Crippen LogP contribution in [0.25, 0.3) is 0 Å². The number of rotatable bonds is 6. The Kier molecular flexibility index (Phi) is 6.31. The number of benzene rings is 1. The Morgan fingerprint density at radius 3 is 2.37 bits per heavy atom. The number of likely N-dealkylation sites (N-methyl/N-ethyl adjacent to an activating group) is 1. The third kappa shape index (κ3) is 4.57. The average molecular weight is 408 g/mol. The Labute approximate surface area is 165 Å². The van der Waals surface area contributed by atoms with Crippen LogP contribution in [0.2, 0.25) is 0 Å². The number of hydrogen-bond acceptors (Lipinski definition) is 5. The van der Waals surface area contributed by atoms with E-state index in [0.29, 0.717) is 36.9 Å². The first-order valence-electron chi connectivity index (χ1n) is 8.96. The van der Waals surface area contributed by atoms with Crippen LogP contribution in [0.5, 0.6) is 0 Å². The van der Waals surface area contributed by atoms with Gasteiger partial charge in [0.15, 0.2) is 0 Å². The van der Waals surface area contributed by atoms with Crippen molar-refractivity contribution >= 4 is 27.3 Å². The predicted molar refractivity (Wildman–Crippen MR) is 107 cm³/mol. The van der Waals surface area contributed by atoms with Crippen molar-refractivity contribution in [3.63, 3.8) is 0 Å². The first-order chi connectivity index (χ1) is 12.9. The molecule has 0 aliphatic carbocycles. The zero-order valence-electron chi connectivity index (χ0n) is 15.6. The van der Waals surface area contributed by atoms with Crippen molar-refractivity contribution in [3.05, 3.63) is 53.4 Å². The molecule has 146 valence electrons. The van der Waals surface area contributed by atoms with Crippen LogP contribution in [0.3, 0.4) is 0 Å². The first kappa shape index (κ1) is 20.0. The summed E-state index contributed by atoms with van der Waals surface area (Å²) < 4.78 is 27.0. The average Bonchev–Trinajstić information content (AvgIpc) is 3.23. The number of amides is 1. The van der Waals surface area contributed by atoms with Crippen LogP contribution in [0.15, 0.2) is 52.1 Å². The smallest absolute Gasteiger partial charge is 0.252 e. The number of thiophene rings is 1. The molecule has 0 spiro atoms. The zero-order valence-corrected chi connectivity index (χ0v) is 17.2. The van der Waals surface area contributed by atoms with E-state index in [1.165, 1.54) is 15.6 Å². The molecule has 1 aliphatic heterocycles. The summed E-state index contributed by atoms with van der Waals surface area (Å²) in [4.78, 5) is 16.4. The van der Waals surface area contributed by atoms with Crippen LogP contribution in [0.4, 0.5) is 0 Å². The number of carbonyl (C=O) groups excluding carboxylic acids is 1. The molecule has 1 amide bonds. The highest BCUT2D eigenvalue weighted by atomic mass is 32.2. The van der Waals surface area contributed by atoms with E-state index in [-0.39, 0.29) is 11.9 Å². The maximum atomic E-state index is 12.6. The molecule has 8 heteroatoms.